The molecule has 0 amide bonds. The van der Waals surface area contributed by atoms with Gasteiger partial charge < -0.3 is 4.57 Å². The fourth-order valence-electron chi connectivity index (χ4n) is 2.47. The van der Waals surface area contributed by atoms with Crippen LogP contribution in [0.4, 0.5) is 8.78 Å². The van der Waals surface area contributed by atoms with Gasteiger partial charge in [0, 0.05) is 30.9 Å². The van der Waals surface area contributed by atoms with Crippen LogP contribution >= 0.6 is 12.2 Å². The smallest absolute Gasteiger partial charge is 0.264 e. The quantitative estimate of drug-likeness (QED) is 0.746. The van der Waals surface area contributed by atoms with Crippen molar-refractivity contribution in [1.29, 1.82) is 0 Å². The molecule has 3 rings (SSSR count). The van der Waals surface area contributed by atoms with E-state index in [0.717, 1.165) is 0 Å². The summed E-state index contributed by atoms with van der Waals surface area (Å²) in [7, 11) is 1.72. The summed E-state index contributed by atoms with van der Waals surface area (Å²) in [6.45, 7) is 2.20. The summed E-state index contributed by atoms with van der Waals surface area (Å²) >= 11 is 5.10. The van der Waals surface area contributed by atoms with Gasteiger partial charge in [0.2, 0.25) is 0 Å². The number of rotatable bonds is 3. The highest BCUT2D eigenvalue weighted by atomic mass is 32.1. The number of alkyl halides is 2. The Kier molecular flexibility index (Phi) is 3.80. The summed E-state index contributed by atoms with van der Waals surface area (Å²) in [6.07, 6.45) is 0.390. The van der Waals surface area contributed by atoms with Gasteiger partial charge in [0.05, 0.1) is 17.3 Å². The molecule has 0 radical (unpaired) electrons. The fourth-order valence-corrected chi connectivity index (χ4v) is 2.78. The molecule has 0 aliphatic carbocycles. The second kappa shape index (κ2) is 5.65. The Morgan fingerprint density at radius 3 is 2.74 bits per heavy atom. The van der Waals surface area contributed by atoms with Gasteiger partial charge in [0.15, 0.2) is 4.77 Å². The van der Waals surface area contributed by atoms with Gasteiger partial charge in [-0.25, -0.2) is 13.8 Å². The van der Waals surface area contributed by atoms with E-state index in [1.165, 1.54) is 16.8 Å². The number of fused-ring (bicyclic) bond motifs is 1. The first-order valence-corrected chi connectivity index (χ1v) is 7.28. The molecule has 0 spiro atoms. The number of hydrogen-bond acceptors (Lipinski definition) is 4. The lowest BCUT2D eigenvalue weighted by Gasteiger charge is -2.12. The summed E-state index contributed by atoms with van der Waals surface area (Å²) in [5, 5.41) is 3.88. The fraction of sp³-hybridized carbons (Fsp3) is 0.286. The van der Waals surface area contributed by atoms with Crippen LogP contribution in [-0.4, -0.2) is 24.3 Å². The molecule has 6 nitrogen and oxygen atoms in total. The second-order valence-electron chi connectivity index (χ2n) is 5.00. The largest absolute Gasteiger partial charge is 0.303 e. The Labute approximate surface area is 134 Å². The van der Waals surface area contributed by atoms with Gasteiger partial charge in [-0.2, -0.15) is 5.10 Å². The molecule has 0 aliphatic heterocycles. The lowest BCUT2D eigenvalue weighted by molar-refractivity contribution is 0.153. The van der Waals surface area contributed by atoms with Crippen molar-refractivity contribution in [2.45, 2.75) is 19.9 Å². The van der Waals surface area contributed by atoms with E-state index < -0.39 is 12.0 Å². The highest BCUT2D eigenvalue weighted by molar-refractivity contribution is 7.71. The number of pyridine rings is 1. The number of aromatic amines is 1. The lowest BCUT2D eigenvalue weighted by atomic mass is 10.1. The molecule has 3 aromatic heterocycles. The first kappa shape index (κ1) is 15.5. The Hall–Kier alpha value is -2.42. The SMILES string of the molecule is CCn1c(=S)[nH]c(=O)c2c(C(F)F)cc(-c3cnn(C)c3)nc21. The normalized spacial score (nSPS) is 11.5. The average molecular weight is 337 g/mol. The van der Waals surface area contributed by atoms with E-state index in [1.807, 2.05) is 0 Å². The standard InChI is InChI=1S/C14H13F2N5OS/c1-3-21-12-10(13(22)19-14(21)23)8(11(15)16)4-9(18-12)7-5-17-20(2)6-7/h4-6,11H,3H2,1-2H3,(H,19,22,23). The molecule has 0 atom stereocenters. The summed E-state index contributed by atoms with van der Waals surface area (Å²) < 4.78 is 30.2. The van der Waals surface area contributed by atoms with E-state index in [9.17, 15) is 13.6 Å². The van der Waals surface area contributed by atoms with E-state index in [4.69, 9.17) is 12.2 Å². The zero-order chi connectivity index (χ0) is 16.7. The van der Waals surface area contributed by atoms with Crippen molar-refractivity contribution in [3.8, 4) is 11.3 Å². The molecule has 0 saturated heterocycles. The first-order valence-electron chi connectivity index (χ1n) is 6.87. The lowest BCUT2D eigenvalue weighted by Crippen LogP contribution is -2.17. The van der Waals surface area contributed by atoms with Crippen molar-refractivity contribution in [3.05, 3.63) is 39.1 Å². The molecular formula is C14H13F2N5OS. The number of H-pyrrole nitrogens is 1. The van der Waals surface area contributed by atoms with Gasteiger partial charge >= 0.3 is 0 Å². The Morgan fingerprint density at radius 2 is 2.17 bits per heavy atom. The molecule has 23 heavy (non-hydrogen) atoms. The Balaban J connectivity index is 2.47. The van der Waals surface area contributed by atoms with Crippen LogP contribution in [0.2, 0.25) is 0 Å². The van der Waals surface area contributed by atoms with Crippen LogP contribution in [-0.2, 0) is 13.6 Å². The molecule has 0 aromatic carbocycles. The molecule has 120 valence electrons. The van der Waals surface area contributed by atoms with Gasteiger partial charge in [-0.1, -0.05) is 0 Å². The predicted molar refractivity (Wildman–Crippen MR) is 84.0 cm³/mol. The summed E-state index contributed by atoms with van der Waals surface area (Å²) in [4.78, 5) is 18.9. The summed E-state index contributed by atoms with van der Waals surface area (Å²) in [5.41, 5.74) is 0.0358. The van der Waals surface area contributed by atoms with Crippen LogP contribution in [0.5, 0.6) is 0 Å². The molecule has 9 heteroatoms. The molecule has 3 heterocycles. The third kappa shape index (κ3) is 2.56. The Morgan fingerprint density at radius 1 is 1.43 bits per heavy atom. The van der Waals surface area contributed by atoms with E-state index in [1.54, 1.807) is 24.9 Å². The number of aryl methyl sites for hydroxylation is 2. The van der Waals surface area contributed by atoms with Crippen LogP contribution < -0.4 is 5.56 Å². The molecule has 0 bridgehead atoms. The zero-order valence-electron chi connectivity index (χ0n) is 12.4. The second-order valence-corrected chi connectivity index (χ2v) is 5.39. The maximum atomic E-state index is 13.5. The molecule has 3 aromatic rings. The van der Waals surface area contributed by atoms with E-state index >= 15 is 0 Å². The molecule has 0 saturated carbocycles. The number of nitrogens with zero attached hydrogens (tertiary/aromatic N) is 4. The zero-order valence-corrected chi connectivity index (χ0v) is 13.2. The molecular weight excluding hydrogens is 324 g/mol. The van der Waals surface area contributed by atoms with Gasteiger partial charge in [-0.05, 0) is 25.2 Å². The van der Waals surface area contributed by atoms with Crippen molar-refractivity contribution in [2.24, 2.45) is 7.05 Å². The number of nitrogens with one attached hydrogen (secondary N) is 1. The van der Waals surface area contributed by atoms with E-state index in [-0.39, 0.29) is 21.4 Å². The third-order valence-electron chi connectivity index (χ3n) is 3.53. The maximum absolute atomic E-state index is 13.5. The van der Waals surface area contributed by atoms with E-state index in [0.29, 0.717) is 17.8 Å². The van der Waals surface area contributed by atoms with Gasteiger partial charge in [-0.15, -0.1) is 0 Å². The van der Waals surface area contributed by atoms with Crippen molar-refractivity contribution in [3.63, 3.8) is 0 Å². The first-order chi connectivity index (χ1) is 10.9. The summed E-state index contributed by atoms with van der Waals surface area (Å²) in [6, 6.07) is 1.22. The van der Waals surface area contributed by atoms with Crippen molar-refractivity contribution >= 4 is 23.3 Å². The van der Waals surface area contributed by atoms with Crippen molar-refractivity contribution in [2.75, 3.05) is 0 Å². The van der Waals surface area contributed by atoms with Crippen molar-refractivity contribution in [1.82, 2.24) is 24.3 Å². The molecule has 1 N–H and O–H groups in total. The average Bonchev–Trinajstić information content (AvgIpc) is 2.92. The molecule has 0 unspecified atom stereocenters. The summed E-state index contributed by atoms with van der Waals surface area (Å²) in [5.74, 6) is 0. The van der Waals surface area contributed by atoms with Gasteiger partial charge in [-0.3, -0.25) is 14.5 Å². The van der Waals surface area contributed by atoms with Crippen LogP contribution in [0, 0.1) is 4.77 Å². The minimum atomic E-state index is -2.81. The molecule has 0 fully saturated rings. The topological polar surface area (TPSA) is 68.5 Å². The molecule has 0 aliphatic rings. The monoisotopic (exact) mass is 337 g/mol. The van der Waals surface area contributed by atoms with Gasteiger partial charge in [0.25, 0.3) is 12.0 Å². The van der Waals surface area contributed by atoms with Crippen molar-refractivity contribution < 1.29 is 8.78 Å². The minimum Gasteiger partial charge on any atom is -0.303 e. The van der Waals surface area contributed by atoms with E-state index in [2.05, 4.69) is 15.1 Å². The highest BCUT2D eigenvalue weighted by Crippen LogP contribution is 2.29. The van der Waals surface area contributed by atoms with Crippen LogP contribution in [0.15, 0.2) is 23.3 Å². The highest BCUT2D eigenvalue weighted by Gasteiger charge is 2.20. The third-order valence-corrected chi connectivity index (χ3v) is 3.85. The van der Waals surface area contributed by atoms with Crippen LogP contribution in [0.3, 0.4) is 0 Å². The van der Waals surface area contributed by atoms with Crippen LogP contribution in [0.1, 0.15) is 18.9 Å². The predicted octanol–water partition coefficient (Wildman–Crippen LogP) is 2.81. The Bertz CT molecular complexity index is 1000. The minimum absolute atomic E-state index is 0.136. The number of halogens is 2. The van der Waals surface area contributed by atoms with Crippen LogP contribution in [0.25, 0.3) is 22.3 Å². The number of aromatic nitrogens is 5. The number of hydrogen-bond donors (Lipinski definition) is 1. The maximum Gasteiger partial charge on any atom is 0.264 e. The van der Waals surface area contributed by atoms with Gasteiger partial charge in [0.1, 0.15) is 5.65 Å².